The minimum absolute atomic E-state index is 0.446. The highest BCUT2D eigenvalue weighted by atomic mass is 15.2. The van der Waals surface area contributed by atoms with Crippen molar-refractivity contribution in [3.8, 4) is 0 Å². The number of imidazole rings is 1. The zero-order valence-corrected chi connectivity index (χ0v) is 17.6. The Morgan fingerprint density at radius 2 is 1.90 bits per heavy atom. The molecule has 1 atom stereocenters. The fourth-order valence-corrected chi connectivity index (χ4v) is 5.97. The summed E-state index contributed by atoms with van der Waals surface area (Å²) in [4.78, 5) is 18.0. The number of nitrogens with zero attached hydrogens (tertiary/aromatic N) is 4. The molecule has 156 valence electrons. The average molecular weight is 394 g/mol. The molecule has 0 aromatic carbocycles. The van der Waals surface area contributed by atoms with Crippen LogP contribution in [0.25, 0.3) is 0 Å². The van der Waals surface area contributed by atoms with Gasteiger partial charge in [0.25, 0.3) is 0 Å². The van der Waals surface area contributed by atoms with Crippen LogP contribution in [0.2, 0.25) is 0 Å². The van der Waals surface area contributed by atoms with Crippen LogP contribution >= 0.6 is 0 Å². The third-order valence-corrected chi connectivity index (χ3v) is 7.50. The topological polar surface area (TPSA) is 48.1 Å². The van der Waals surface area contributed by atoms with E-state index >= 15 is 0 Å². The number of aromatic nitrogens is 3. The molecule has 29 heavy (non-hydrogen) atoms. The molecular formula is C24H35N5. The van der Waals surface area contributed by atoms with Crippen molar-refractivity contribution in [1.82, 2.24) is 24.8 Å². The van der Waals surface area contributed by atoms with Gasteiger partial charge in [-0.1, -0.05) is 25.3 Å². The molecule has 5 rings (SSSR count). The molecule has 3 aliphatic rings. The smallest absolute Gasteiger partial charge is 0.0925 e. The summed E-state index contributed by atoms with van der Waals surface area (Å²) >= 11 is 0. The van der Waals surface area contributed by atoms with Crippen LogP contribution in [0.5, 0.6) is 0 Å². The van der Waals surface area contributed by atoms with Crippen molar-refractivity contribution in [2.24, 2.45) is 11.8 Å². The van der Waals surface area contributed by atoms with E-state index in [0.29, 0.717) is 12.0 Å². The lowest BCUT2D eigenvalue weighted by Crippen LogP contribution is -2.44. The Hall–Kier alpha value is -1.72. The zero-order chi connectivity index (χ0) is 19.5. The third kappa shape index (κ3) is 4.41. The SMILES string of the molecule is c1cncc(CN2CCc3[nH]cnc3C2C2CCN(CC3CCCCC3)CC2)c1. The maximum Gasteiger partial charge on any atom is 0.0925 e. The normalized spacial score (nSPS) is 25.2. The fraction of sp³-hybridized carbons (Fsp3) is 0.667. The minimum Gasteiger partial charge on any atom is -0.348 e. The number of H-pyrrole nitrogens is 1. The number of piperidine rings is 1. The van der Waals surface area contributed by atoms with Crippen LogP contribution in [0.15, 0.2) is 30.9 Å². The molecule has 1 unspecified atom stereocenters. The Kier molecular flexibility index (Phi) is 5.95. The van der Waals surface area contributed by atoms with E-state index in [0.717, 1.165) is 25.4 Å². The molecule has 0 amide bonds. The largest absolute Gasteiger partial charge is 0.348 e. The third-order valence-electron chi connectivity index (χ3n) is 7.50. The lowest BCUT2D eigenvalue weighted by molar-refractivity contribution is 0.0637. The number of nitrogens with one attached hydrogen (secondary N) is 1. The van der Waals surface area contributed by atoms with Gasteiger partial charge in [0.05, 0.1) is 18.1 Å². The Morgan fingerprint density at radius 3 is 2.69 bits per heavy atom. The predicted molar refractivity (Wildman–Crippen MR) is 115 cm³/mol. The minimum atomic E-state index is 0.446. The second-order valence-corrected chi connectivity index (χ2v) is 9.43. The van der Waals surface area contributed by atoms with Gasteiger partial charge in [0.2, 0.25) is 0 Å². The van der Waals surface area contributed by atoms with Gasteiger partial charge in [-0.3, -0.25) is 9.88 Å². The van der Waals surface area contributed by atoms with Crippen molar-refractivity contribution < 1.29 is 0 Å². The number of fused-ring (bicyclic) bond motifs is 1. The highest BCUT2D eigenvalue weighted by Crippen LogP contribution is 2.39. The molecule has 1 N–H and O–H groups in total. The van der Waals surface area contributed by atoms with E-state index in [4.69, 9.17) is 4.98 Å². The number of likely N-dealkylation sites (tertiary alicyclic amines) is 1. The molecule has 1 aliphatic carbocycles. The maximum absolute atomic E-state index is 4.79. The van der Waals surface area contributed by atoms with Crippen LogP contribution in [0.4, 0.5) is 0 Å². The molecule has 4 heterocycles. The lowest BCUT2D eigenvalue weighted by atomic mass is 9.83. The summed E-state index contributed by atoms with van der Waals surface area (Å²) in [7, 11) is 0. The second kappa shape index (κ2) is 8.97. The van der Waals surface area contributed by atoms with Gasteiger partial charge < -0.3 is 9.88 Å². The molecule has 0 radical (unpaired) electrons. The zero-order valence-electron chi connectivity index (χ0n) is 17.6. The number of rotatable bonds is 5. The van der Waals surface area contributed by atoms with Crippen LogP contribution in [-0.2, 0) is 13.0 Å². The number of pyridine rings is 1. The lowest BCUT2D eigenvalue weighted by Gasteiger charge is -2.43. The Labute approximate surface area is 174 Å². The predicted octanol–water partition coefficient (Wildman–Crippen LogP) is 4.20. The van der Waals surface area contributed by atoms with E-state index in [-0.39, 0.29) is 0 Å². The first-order valence-electron chi connectivity index (χ1n) is 11.7. The van der Waals surface area contributed by atoms with Crippen molar-refractivity contribution >= 4 is 0 Å². The molecule has 5 nitrogen and oxygen atoms in total. The summed E-state index contributed by atoms with van der Waals surface area (Å²) in [5.74, 6) is 1.66. The van der Waals surface area contributed by atoms with E-state index in [9.17, 15) is 0 Å². The molecule has 2 aromatic rings. The standard InChI is InChI=1S/C24H35N5/c1-2-5-19(6-3-1)16-28-12-8-21(9-13-28)24-23-22(26-18-27-23)10-14-29(24)17-20-7-4-11-25-15-20/h4,7,11,15,18-19,21,24H,1-3,5-6,8-10,12-14,16-17H2,(H,26,27). The molecule has 5 heteroatoms. The molecular weight excluding hydrogens is 358 g/mol. The molecule has 0 bridgehead atoms. The quantitative estimate of drug-likeness (QED) is 0.827. The summed E-state index contributed by atoms with van der Waals surface area (Å²) in [6.45, 7) is 5.95. The van der Waals surface area contributed by atoms with Crippen LogP contribution in [-0.4, -0.2) is 50.9 Å². The first-order chi connectivity index (χ1) is 14.4. The van der Waals surface area contributed by atoms with Crippen molar-refractivity contribution in [2.45, 2.75) is 64.0 Å². The Balaban J connectivity index is 1.26. The summed E-state index contributed by atoms with van der Waals surface area (Å²) in [6, 6.07) is 4.71. The Morgan fingerprint density at radius 1 is 1.03 bits per heavy atom. The summed E-state index contributed by atoms with van der Waals surface area (Å²) in [5, 5.41) is 0. The molecule has 2 aliphatic heterocycles. The van der Waals surface area contributed by atoms with Gasteiger partial charge in [0.1, 0.15) is 0 Å². The maximum atomic E-state index is 4.79. The first-order valence-corrected chi connectivity index (χ1v) is 11.7. The monoisotopic (exact) mass is 393 g/mol. The molecule has 1 saturated carbocycles. The van der Waals surface area contributed by atoms with Crippen LogP contribution in [0.3, 0.4) is 0 Å². The van der Waals surface area contributed by atoms with Gasteiger partial charge in [0, 0.05) is 44.1 Å². The van der Waals surface area contributed by atoms with Gasteiger partial charge in [-0.25, -0.2) is 4.98 Å². The number of aromatic amines is 1. The van der Waals surface area contributed by atoms with Gasteiger partial charge in [-0.05, 0) is 62.2 Å². The first kappa shape index (κ1) is 19.3. The van der Waals surface area contributed by atoms with Gasteiger partial charge >= 0.3 is 0 Å². The van der Waals surface area contributed by atoms with Crippen LogP contribution < -0.4 is 0 Å². The van der Waals surface area contributed by atoms with E-state index in [1.54, 1.807) is 0 Å². The number of hydrogen-bond acceptors (Lipinski definition) is 4. The van der Waals surface area contributed by atoms with Gasteiger partial charge in [-0.15, -0.1) is 0 Å². The van der Waals surface area contributed by atoms with Crippen molar-refractivity contribution in [3.63, 3.8) is 0 Å². The second-order valence-electron chi connectivity index (χ2n) is 9.43. The van der Waals surface area contributed by atoms with Crippen molar-refractivity contribution in [2.75, 3.05) is 26.2 Å². The van der Waals surface area contributed by atoms with E-state index in [1.807, 2.05) is 18.7 Å². The summed E-state index contributed by atoms with van der Waals surface area (Å²) in [6.07, 6.45) is 16.7. The van der Waals surface area contributed by atoms with Crippen molar-refractivity contribution in [3.05, 3.63) is 47.8 Å². The highest BCUT2D eigenvalue weighted by molar-refractivity contribution is 5.22. The molecule has 2 aromatic heterocycles. The summed E-state index contributed by atoms with van der Waals surface area (Å²) < 4.78 is 0. The van der Waals surface area contributed by atoms with Gasteiger partial charge in [0.15, 0.2) is 0 Å². The highest BCUT2D eigenvalue weighted by Gasteiger charge is 2.37. The van der Waals surface area contributed by atoms with E-state index < -0.39 is 0 Å². The molecule has 1 saturated heterocycles. The van der Waals surface area contributed by atoms with Crippen LogP contribution in [0, 0.1) is 11.8 Å². The van der Waals surface area contributed by atoms with Crippen LogP contribution in [0.1, 0.15) is 67.9 Å². The number of hydrogen-bond donors (Lipinski definition) is 1. The fourth-order valence-electron chi connectivity index (χ4n) is 5.97. The Bertz CT molecular complexity index is 759. The van der Waals surface area contributed by atoms with E-state index in [1.165, 1.54) is 81.5 Å². The molecule has 2 fully saturated rings. The van der Waals surface area contributed by atoms with Gasteiger partial charge in [-0.2, -0.15) is 0 Å². The average Bonchev–Trinajstić information content (AvgIpc) is 3.25. The van der Waals surface area contributed by atoms with Crippen molar-refractivity contribution in [1.29, 1.82) is 0 Å². The molecule has 0 spiro atoms. The summed E-state index contributed by atoms with van der Waals surface area (Å²) in [5.41, 5.74) is 3.99. The van der Waals surface area contributed by atoms with E-state index in [2.05, 4.69) is 31.9 Å².